The van der Waals surface area contributed by atoms with Gasteiger partial charge in [0, 0.05) is 0 Å². The van der Waals surface area contributed by atoms with E-state index in [0.717, 1.165) is 0 Å². The van der Waals surface area contributed by atoms with Gasteiger partial charge in [-0.25, -0.2) is 8.42 Å². The standard InChI is InChI=1S/C9H21NO7S/c1-6(2)3-9(4-11,5-12)10-7(13)8(14)18(15,16)17/h6-8,10-14H,3-5H2,1-2H3,(H,15,16,17)/p-1. The second-order valence-electron chi connectivity index (χ2n) is 4.67. The van der Waals surface area contributed by atoms with Crippen molar-refractivity contribution in [2.24, 2.45) is 5.92 Å². The molecule has 0 fully saturated rings. The SMILES string of the molecule is CC(C)CC(CO)(CO)NC(O)C(O)S(=O)(=O)[O-]. The van der Waals surface area contributed by atoms with Crippen molar-refractivity contribution in [3.63, 3.8) is 0 Å². The summed E-state index contributed by atoms with van der Waals surface area (Å²) in [5, 5.41) is 39.1. The number of aliphatic hydroxyl groups excluding tert-OH is 4. The summed E-state index contributed by atoms with van der Waals surface area (Å²) >= 11 is 0. The normalized spacial score (nSPS) is 16.9. The van der Waals surface area contributed by atoms with Crippen molar-refractivity contribution in [3.8, 4) is 0 Å². The molecule has 18 heavy (non-hydrogen) atoms. The van der Waals surface area contributed by atoms with E-state index in [-0.39, 0.29) is 12.3 Å². The average molecular weight is 286 g/mol. The summed E-state index contributed by atoms with van der Waals surface area (Å²) in [5.74, 6) is 0.0185. The maximum Gasteiger partial charge on any atom is 0.183 e. The van der Waals surface area contributed by atoms with Gasteiger partial charge in [0.25, 0.3) is 0 Å². The predicted octanol–water partition coefficient (Wildman–Crippen LogP) is -2.47. The minimum absolute atomic E-state index is 0.0185. The Bertz CT molecular complexity index is 339. The molecule has 0 radical (unpaired) electrons. The maximum absolute atomic E-state index is 10.5. The van der Waals surface area contributed by atoms with E-state index in [1.165, 1.54) is 0 Å². The van der Waals surface area contributed by atoms with E-state index in [0.29, 0.717) is 0 Å². The first-order valence-electron chi connectivity index (χ1n) is 5.38. The molecule has 0 aromatic heterocycles. The Kier molecular flexibility index (Phi) is 6.65. The Hall–Kier alpha value is -0.290. The molecule has 0 heterocycles. The van der Waals surface area contributed by atoms with E-state index in [1.54, 1.807) is 13.8 Å². The van der Waals surface area contributed by atoms with Crippen molar-refractivity contribution in [2.45, 2.75) is 37.5 Å². The fourth-order valence-corrected chi connectivity index (χ4v) is 2.04. The van der Waals surface area contributed by atoms with Crippen molar-refractivity contribution in [1.82, 2.24) is 5.32 Å². The minimum Gasteiger partial charge on any atom is -0.746 e. The van der Waals surface area contributed by atoms with E-state index < -0.39 is 40.5 Å². The van der Waals surface area contributed by atoms with Crippen molar-refractivity contribution in [2.75, 3.05) is 13.2 Å². The molecule has 2 atom stereocenters. The van der Waals surface area contributed by atoms with Crippen LogP contribution in [0.15, 0.2) is 0 Å². The predicted molar refractivity (Wildman–Crippen MR) is 61.2 cm³/mol. The minimum atomic E-state index is -5.09. The fraction of sp³-hybridized carbons (Fsp3) is 1.00. The van der Waals surface area contributed by atoms with Gasteiger partial charge in [-0.1, -0.05) is 13.8 Å². The second kappa shape index (κ2) is 6.75. The van der Waals surface area contributed by atoms with Crippen molar-refractivity contribution in [1.29, 1.82) is 0 Å². The van der Waals surface area contributed by atoms with Crippen LogP contribution in [0.1, 0.15) is 20.3 Å². The monoisotopic (exact) mass is 286 g/mol. The number of rotatable bonds is 8. The first kappa shape index (κ1) is 17.7. The molecule has 0 aliphatic carbocycles. The molecule has 5 N–H and O–H groups in total. The largest absolute Gasteiger partial charge is 0.746 e. The summed E-state index contributed by atoms with van der Waals surface area (Å²) in [6.45, 7) is 2.39. The molecule has 0 amide bonds. The number of hydrogen-bond donors (Lipinski definition) is 5. The summed E-state index contributed by atoms with van der Waals surface area (Å²) in [6.07, 6.45) is -1.88. The highest BCUT2D eigenvalue weighted by Crippen LogP contribution is 2.17. The highest BCUT2D eigenvalue weighted by Gasteiger charge is 2.35. The third-order valence-corrected chi connectivity index (χ3v) is 3.27. The van der Waals surface area contributed by atoms with Crippen LogP contribution in [-0.2, 0) is 10.1 Å². The lowest BCUT2D eigenvalue weighted by Crippen LogP contribution is -2.60. The summed E-state index contributed by atoms with van der Waals surface area (Å²) in [7, 11) is -5.09. The summed E-state index contributed by atoms with van der Waals surface area (Å²) in [6, 6.07) is 0. The van der Waals surface area contributed by atoms with E-state index in [2.05, 4.69) is 5.32 Å². The quantitative estimate of drug-likeness (QED) is 0.243. The molecular formula is C9H20NO7S-. The third-order valence-electron chi connectivity index (χ3n) is 2.42. The molecule has 0 spiro atoms. The van der Waals surface area contributed by atoms with E-state index in [9.17, 15) is 28.3 Å². The van der Waals surface area contributed by atoms with Crippen LogP contribution in [0, 0.1) is 5.92 Å². The van der Waals surface area contributed by atoms with Gasteiger partial charge in [0.1, 0.15) is 16.3 Å². The zero-order valence-corrected chi connectivity index (χ0v) is 11.1. The Morgan fingerprint density at radius 2 is 1.67 bits per heavy atom. The van der Waals surface area contributed by atoms with Gasteiger partial charge in [0.2, 0.25) is 0 Å². The molecule has 0 saturated carbocycles. The van der Waals surface area contributed by atoms with Crippen molar-refractivity contribution >= 4 is 10.1 Å². The summed E-state index contributed by atoms with van der Waals surface area (Å²) in [4.78, 5) is 0. The maximum atomic E-state index is 10.5. The van der Waals surface area contributed by atoms with Crippen molar-refractivity contribution < 1.29 is 33.4 Å². The van der Waals surface area contributed by atoms with Gasteiger partial charge in [-0.2, -0.15) is 0 Å². The van der Waals surface area contributed by atoms with Crippen molar-refractivity contribution in [3.05, 3.63) is 0 Å². The van der Waals surface area contributed by atoms with Crippen LogP contribution >= 0.6 is 0 Å². The molecule has 0 aromatic carbocycles. The molecule has 0 bridgehead atoms. The second-order valence-corrected chi connectivity index (χ2v) is 6.14. The first-order chi connectivity index (χ1) is 8.08. The highest BCUT2D eigenvalue weighted by molar-refractivity contribution is 7.86. The molecule has 0 saturated heterocycles. The molecule has 2 unspecified atom stereocenters. The average Bonchev–Trinajstić information content (AvgIpc) is 2.24. The van der Waals surface area contributed by atoms with Gasteiger partial charge in [0.15, 0.2) is 5.44 Å². The van der Waals surface area contributed by atoms with Crippen LogP contribution in [0.4, 0.5) is 0 Å². The number of nitrogens with one attached hydrogen (secondary N) is 1. The smallest absolute Gasteiger partial charge is 0.183 e. The van der Waals surface area contributed by atoms with Crippen LogP contribution in [0.3, 0.4) is 0 Å². The lowest BCUT2D eigenvalue weighted by Gasteiger charge is -2.36. The third kappa shape index (κ3) is 5.14. The lowest BCUT2D eigenvalue weighted by atomic mass is 9.90. The highest BCUT2D eigenvalue weighted by atomic mass is 32.2. The topological polar surface area (TPSA) is 150 Å². The zero-order chi connectivity index (χ0) is 14.6. The molecular weight excluding hydrogens is 266 g/mol. The Labute approximate surface area is 106 Å². The molecule has 8 nitrogen and oxygen atoms in total. The fourth-order valence-electron chi connectivity index (χ4n) is 1.65. The van der Waals surface area contributed by atoms with Gasteiger partial charge >= 0.3 is 0 Å². The molecule has 0 aromatic rings. The van der Waals surface area contributed by atoms with E-state index in [1.807, 2.05) is 0 Å². The van der Waals surface area contributed by atoms with Gasteiger partial charge in [-0.15, -0.1) is 0 Å². The molecule has 0 aliphatic rings. The summed E-state index contributed by atoms with van der Waals surface area (Å²) < 4.78 is 31.6. The van der Waals surface area contributed by atoms with Crippen LogP contribution in [0.25, 0.3) is 0 Å². The van der Waals surface area contributed by atoms with Crippen LogP contribution in [0.2, 0.25) is 0 Å². The zero-order valence-electron chi connectivity index (χ0n) is 10.3. The van der Waals surface area contributed by atoms with Crippen LogP contribution in [-0.4, -0.2) is 63.8 Å². The first-order valence-corrected chi connectivity index (χ1v) is 6.85. The van der Waals surface area contributed by atoms with Gasteiger partial charge in [-0.3, -0.25) is 5.32 Å². The molecule has 0 aliphatic heterocycles. The number of hydrogen-bond acceptors (Lipinski definition) is 8. The van der Waals surface area contributed by atoms with Crippen LogP contribution < -0.4 is 5.32 Å². The van der Waals surface area contributed by atoms with Gasteiger partial charge in [-0.05, 0) is 12.3 Å². The lowest BCUT2D eigenvalue weighted by molar-refractivity contribution is -0.0232. The van der Waals surface area contributed by atoms with E-state index >= 15 is 0 Å². The Morgan fingerprint density at radius 1 is 1.22 bits per heavy atom. The van der Waals surface area contributed by atoms with Crippen LogP contribution in [0.5, 0.6) is 0 Å². The Balaban J connectivity index is 4.89. The van der Waals surface area contributed by atoms with Gasteiger partial charge < -0.3 is 25.0 Å². The van der Waals surface area contributed by atoms with E-state index in [4.69, 9.17) is 5.11 Å². The van der Waals surface area contributed by atoms with Gasteiger partial charge in [0.05, 0.1) is 18.8 Å². The summed E-state index contributed by atoms with van der Waals surface area (Å²) in [5.41, 5.74) is -3.94. The molecule has 110 valence electrons. The molecule has 0 rings (SSSR count). The Morgan fingerprint density at radius 3 is 1.94 bits per heavy atom. The molecule has 9 heteroatoms. The number of aliphatic hydroxyl groups is 4.